The number of benzene rings is 1. The number of fused-ring (bicyclic) bond motifs is 7. The summed E-state index contributed by atoms with van der Waals surface area (Å²) in [7, 11) is 1.99. The second kappa shape index (κ2) is 8.64. The number of amides is 2. The van der Waals surface area contributed by atoms with Crippen molar-refractivity contribution in [2.24, 2.45) is 34.5 Å². The number of nitrogens with zero attached hydrogens (tertiary/aromatic N) is 3. The molecule has 38 heavy (non-hydrogen) atoms. The van der Waals surface area contributed by atoms with Gasteiger partial charge >= 0.3 is 0 Å². The summed E-state index contributed by atoms with van der Waals surface area (Å²) in [6.07, 6.45) is 11.8. The Morgan fingerprint density at radius 2 is 1.92 bits per heavy atom. The molecule has 0 saturated heterocycles. The van der Waals surface area contributed by atoms with Crippen LogP contribution in [0.3, 0.4) is 0 Å². The van der Waals surface area contributed by atoms with Gasteiger partial charge in [0, 0.05) is 36.9 Å². The second-order valence-corrected chi connectivity index (χ2v) is 13.3. The van der Waals surface area contributed by atoms with Crippen molar-refractivity contribution in [2.75, 3.05) is 7.05 Å². The normalized spacial score (nSPS) is 38.0. The van der Waals surface area contributed by atoms with Gasteiger partial charge in [-0.15, -0.1) is 0 Å². The molecule has 2 amide bonds. The minimum absolute atomic E-state index is 0.0754. The molecule has 3 heterocycles. The summed E-state index contributed by atoms with van der Waals surface area (Å²) in [6, 6.07) is 10.8. The molecule has 1 aromatic heterocycles. The Bertz CT molecular complexity index is 1290. The maximum absolute atomic E-state index is 13.3. The Labute approximate surface area is 225 Å². The maximum Gasteiger partial charge on any atom is 0.246 e. The molecule has 6 nitrogen and oxygen atoms in total. The number of carbonyl (C=O) groups excluding carboxylic acids is 2. The van der Waals surface area contributed by atoms with Crippen molar-refractivity contribution in [3.8, 4) is 0 Å². The highest BCUT2D eigenvalue weighted by Gasteiger charge is 2.60. The molecule has 2 aromatic rings. The Morgan fingerprint density at radius 3 is 2.79 bits per heavy atom. The van der Waals surface area contributed by atoms with Crippen molar-refractivity contribution >= 4 is 22.7 Å². The van der Waals surface area contributed by atoms with Crippen molar-refractivity contribution in [1.82, 2.24) is 20.3 Å². The molecule has 7 atom stereocenters. The largest absolute Gasteiger partial charge is 0.338 e. The minimum atomic E-state index is 0.0754. The van der Waals surface area contributed by atoms with E-state index in [0.29, 0.717) is 42.7 Å². The fraction of sp³-hybridized carbons (Fsp3) is 0.594. The quantitative estimate of drug-likeness (QED) is 0.612. The van der Waals surface area contributed by atoms with E-state index in [1.165, 1.54) is 31.2 Å². The number of para-hydroxylation sites is 1. The lowest BCUT2D eigenvalue weighted by atomic mass is 9.47. The van der Waals surface area contributed by atoms with Crippen LogP contribution >= 0.6 is 0 Å². The van der Waals surface area contributed by atoms with Gasteiger partial charge in [0.15, 0.2) is 0 Å². The Hall–Kier alpha value is -2.73. The van der Waals surface area contributed by atoms with E-state index < -0.39 is 0 Å². The van der Waals surface area contributed by atoms with Crippen LogP contribution in [-0.2, 0) is 22.7 Å². The highest BCUT2D eigenvalue weighted by atomic mass is 16.2. The number of likely N-dealkylation sites (N-methyl/N-ethyl adjacent to an activating group) is 1. The lowest BCUT2D eigenvalue weighted by Gasteiger charge is -2.60. The molecule has 7 rings (SSSR count). The van der Waals surface area contributed by atoms with Crippen molar-refractivity contribution in [3.63, 3.8) is 0 Å². The zero-order chi connectivity index (χ0) is 26.2. The van der Waals surface area contributed by atoms with E-state index in [0.717, 1.165) is 36.0 Å². The third-order valence-corrected chi connectivity index (χ3v) is 11.6. The van der Waals surface area contributed by atoms with Crippen LogP contribution in [0.5, 0.6) is 0 Å². The van der Waals surface area contributed by atoms with Crippen LogP contribution < -0.4 is 5.43 Å². The van der Waals surface area contributed by atoms with E-state index >= 15 is 0 Å². The van der Waals surface area contributed by atoms with Crippen LogP contribution in [0.1, 0.15) is 70.1 Å². The van der Waals surface area contributed by atoms with Gasteiger partial charge in [-0.2, -0.15) is 0 Å². The van der Waals surface area contributed by atoms with Crippen LogP contribution in [-0.4, -0.2) is 39.8 Å². The number of nitrogens with one attached hydrogen (secondary N) is 1. The summed E-state index contributed by atoms with van der Waals surface area (Å²) in [5.74, 6) is 2.76. The number of hydrogen-bond donors (Lipinski definition) is 1. The molecule has 0 spiro atoms. The zero-order valence-electron chi connectivity index (χ0n) is 23.0. The standard InChI is InChI=1S/C32H40N4O2/c1-31-14-12-25-23(9-11-28-32(25,2)15-13-30(38)35(28)3)24(31)10-8-22(31)17-29(37)34-36-18-21-16-20-6-4-5-7-26(20)33-27(21)19-36/h4-7,13,15-16,22-25,28H,8-12,14,17-19H2,1-3H3,(H,34,37)/t22-,23+,24+,25+,28-,31-,32-/m1/s1. The summed E-state index contributed by atoms with van der Waals surface area (Å²) in [6.45, 7) is 6.28. The average molecular weight is 513 g/mol. The number of aromatic nitrogens is 1. The van der Waals surface area contributed by atoms with Crippen LogP contribution in [0.25, 0.3) is 10.9 Å². The van der Waals surface area contributed by atoms with E-state index in [1.807, 2.05) is 35.2 Å². The summed E-state index contributed by atoms with van der Waals surface area (Å²) < 4.78 is 0. The maximum atomic E-state index is 13.3. The van der Waals surface area contributed by atoms with Gasteiger partial charge in [-0.1, -0.05) is 38.1 Å². The van der Waals surface area contributed by atoms with E-state index in [1.54, 1.807) is 0 Å². The van der Waals surface area contributed by atoms with Gasteiger partial charge in [0.1, 0.15) is 0 Å². The van der Waals surface area contributed by atoms with Crippen molar-refractivity contribution < 1.29 is 9.59 Å². The van der Waals surface area contributed by atoms with Crippen molar-refractivity contribution in [3.05, 3.63) is 53.7 Å². The first-order valence-corrected chi connectivity index (χ1v) is 14.6. The molecule has 0 radical (unpaired) electrons. The fourth-order valence-electron chi connectivity index (χ4n) is 9.62. The molecule has 2 aliphatic heterocycles. The van der Waals surface area contributed by atoms with E-state index in [2.05, 4.69) is 43.5 Å². The smallest absolute Gasteiger partial charge is 0.246 e. The summed E-state index contributed by atoms with van der Waals surface area (Å²) in [5.41, 5.74) is 6.85. The Morgan fingerprint density at radius 1 is 1.08 bits per heavy atom. The average Bonchev–Trinajstić information content (AvgIpc) is 3.44. The van der Waals surface area contributed by atoms with Crippen LogP contribution in [0.15, 0.2) is 42.5 Å². The third kappa shape index (κ3) is 3.59. The van der Waals surface area contributed by atoms with Gasteiger partial charge in [0.25, 0.3) is 0 Å². The number of carbonyl (C=O) groups is 2. The summed E-state index contributed by atoms with van der Waals surface area (Å²) >= 11 is 0. The first kappa shape index (κ1) is 24.3. The number of hydrogen-bond acceptors (Lipinski definition) is 4. The SMILES string of the molecule is CN1C(=O)C=C[C@]2(C)[C@H]3CC[C@]4(C)[C@@H](CC(=O)NN5Cc6cc7ccccc7nc6C5)CC[C@H]4[C@@H]3CC[C@@H]12. The fourth-order valence-corrected chi connectivity index (χ4v) is 9.62. The van der Waals surface area contributed by atoms with Crippen LogP contribution in [0.4, 0.5) is 0 Å². The van der Waals surface area contributed by atoms with Gasteiger partial charge in [-0.3, -0.25) is 20.0 Å². The highest BCUT2D eigenvalue weighted by molar-refractivity contribution is 5.89. The molecule has 1 N–H and O–H groups in total. The van der Waals surface area contributed by atoms with Gasteiger partial charge in [-0.25, -0.2) is 5.01 Å². The van der Waals surface area contributed by atoms with E-state index in [-0.39, 0.29) is 22.6 Å². The zero-order valence-corrected chi connectivity index (χ0v) is 23.0. The topological polar surface area (TPSA) is 65.5 Å². The summed E-state index contributed by atoms with van der Waals surface area (Å²) in [5, 5.41) is 3.20. The monoisotopic (exact) mass is 512 g/mol. The number of rotatable bonds is 3. The summed E-state index contributed by atoms with van der Waals surface area (Å²) in [4.78, 5) is 32.5. The molecule has 1 aromatic carbocycles. The predicted octanol–water partition coefficient (Wildman–Crippen LogP) is 5.23. The minimum Gasteiger partial charge on any atom is -0.338 e. The molecule has 200 valence electrons. The van der Waals surface area contributed by atoms with E-state index in [4.69, 9.17) is 4.98 Å². The molecule has 3 aliphatic carbocycles. The van der Waals surface area contributed by atoms with Crippen LogP contribution in [0, 0.1) is 34.5 Å². The first-order valence-electron chi connectivity index (χ1n) is 14.6. The van der Waals surface area contributed by atoms with Gasteiger partial charge in [0.05, 0.1) is 17.8 Å². The van der Waals surface area contributed by atoms with Crippen molar-refractivity contribution in [2.45, 2.75) is 77.9 Å². The number of hydrazine groups is 1. The second-order valence-electron chi connectivity index (χ2n) is 13.3. The van der Waals surface area contributed by atoms with Gasteiger partial charge in [-0.05, 0) is 91.4 Å². The third-order valence-electron chi connectivity index (χ3n) is 11.6. The van der Waals surface area contributed by atoms with Gasteiger partial charge in [0.2, 0.25) is 11.8 Å². The molecule has 6 heteroatoms. The van der Waals surface area contributed by atoms with E-state index in [9.17, 15) is 9.59 Å². The molecule has 0 unspecified atom stereocenters. The Kier molecular flexibility index (Phi) is 5.53. The lowest BCUT2D eigenvalue weighted by Crippen LogP contribution is -2.59. The molecule has 0 bridgehead atoms. The van der Waals surface area contributed by atoms with Crippen LogP contribution in [0.2, 0.25) is 0 Å². The lowest BCUT2D eigenvalue weighted by molar-refractivity contribution is -0.139. The van der Waals surface area contributed by atoms with Gasteiger partial charge < -0.3 is 4.90 Å². The predicted molar refractivity (Wildman–Crippen MR) is 147 cm³/mol. The molecule has 3 saturated carbocycles. The molecule has 3 fully saturated rings. The molecule has 5 aliphatic rings. The first-order chi connectivity index (χ1) is 18.3. The Balaban J connectivity index is 1.02. The van der Waals surface area contributed by atoms with Crippen molar-refractivity contribution in [1.29, 1.82) is 0 Å². The number of pyridine rings is 1. The molecular weight excluding hydrogens is 472 g/mol. The molecular formula is C32H40N4O2. The highest BCUT2D eigenvalue weighted by Crippen LogP contribution is 2.65.